The van der Waals surface area contributed by atoms with E-state index in [0.717, 1.165) is 16.5 Å². The third-order valence-electron chi connectivity index (χ3n) is 3.14. The van der Waals surface area contributed by atoms with Crippen LogP contribution in [-0.2, 0) is 6.54 Å². The van der Waals surface area contributed by atoms with Crippen LogP contribution in [0.25, 0.3) is 11.0 Å². The lowest BCUT2D eigenvalue weighted by atomic mass is 10.0. The fourth-order valence-corrected chi connectivity index (χ4v) is 2.00. The zero-order chi connectivity index (χ0) is 13.1. The van der Waals surface area contributed by atoms with Gasteiger partial charge in [-0.15, -0.1) is 0 Å². The average molecular weight is 248 g/mol. The molecule has 0 aliphatic carbocycles. The third-order valence-corrected chi connectivity index (χ3v) is 3.14. The normalized spacial score (nSPS) is 11.1. The van der Waals surface area contributed by atoms with Crippen LogP contribution >= 0.6 is 0 Å². The van der Waals surface area contributed by atoms with Gasteiger partial charge in [-0.05, 0) is 37.1 Å². The van der Waals surface area contributed by atoms with Gasteiger partial charge in [0.1, 0.15) is 12.1 Å². The Morgan fingerprint density at radius 2 is 1.94 bits per heavy atom. The number of aliphatic hydroxyl groups excluding tert-OH is 1. The lowest BCUT2D eigenvalue weighted by Gasteiger charge is -2.07. The molecule has 0 radical (unpaired) electrons. The first-order chi connectivity index (χ1) is 8.61. The Bertz CT molecular complexity index is 616. The van der Waals surface area contributed by atoms with Crippen molar-refractivity contribution in [2.24, 2.45) is 0 Å². The molecule has 0 amide bonds. The SMILES string of the molecule is Cc1cc2oc(=O)cc(C[NH2+]CCO)c2cc1C. The van der Waals surface area contributed by atoms with Crippen molar-refractivity contribution in [3.8, 4) is 0 Å². The molecular formula is C14H18NO3+. The second-order valence-electron chi connectivity index (χ2n) is 4.53. The van der Waals surface area contributed by atoms with E-state index in [-0.39, 0.29) is 12.2 Å². The van der Waals surface area contributed by atoms with Gasteiger partial charge in [-0.2, -0.15) is 0 Å². The summed E-state index contributed by atoms with van der Waals surface area (Å²) in [4.78, 5) is 11.5. The highest BCUT2D eigenvalue weighted by molar-refractivity contribution is 5.81. The highest BCUT2D eigenvalue weighted by atomic mass is 16.4. The molecule has 2 rings (SSSR count). The summed E-state index contributed by atoms with van der Waals surface area (Å²) in [6.45, 7) is 5.48. The number of aliphatic hydroxyl groups is 1. The van der Waals surface area contributed by atoms with Gasteiger partial charge in [-0.3, -0.25) is 0 Å². The highest BCUT2D eigenvalue weighted by Crippen LogP contribution is 2.20. The van der Waals surface area contributed by atoms with E-state index >= 15 is 0 Å². The van der Waals surface area contributed by atoms with Gasteiger partial charge in [0.25, 0.3) is 0 Å². The molecule has 18 heavy (non-hydrogen) atoms. The second kappa shape index (κ2) is 5.33. The standard InChI is InChI=1S/C14H17NO3/c1-9-5-12-11(8-15-3-4-16)7-14(17)18-13(12)6-10(9)2/h5-7,15-16H,3-4,8H2,1-2H3/p+1. The van der Waals surface area contributed by atoms with Crippen molar-refractivity contribution in [3.05, 3.63) is 45.3 Å². The zero-order valence-electron chi connectivity index (χ0n) is 10.7. The topological polar surface area (TPSA) is 67.0 Å². The molecule has 1 aromatic carbocycles. The molecule has 0 bridgehead atoms. The second-order valence-corrected chi connectivity index (χ2v) is 4.53. The maximum Gasteiger partial charge on any atom is 0.336 e. The lowest BCUT2D eigenvalue weighted by Crippen LogP contribution is -2.83. The van der Waals surface area contributed by atoms with Crippen LogP contribution in [0.3, 0.4) is 0 Å². The monoisotopic (exact) mass is 248 g/mol. The Hall–Kier alpha value is -1.65. The van der Waals surface area contributed by atoms with Crippen LogP contribution in [-0.4, -0.2) is 18.3 Å². The van der Waals surface area contributed by atoms with E-state index in [1.54, 1.807) is 0 Å². The molecule has 1 aromatic heterocycles. The van der Waals surface area contributed by atoms with Crippen molar-refractivity contribution >= 4 is 11.0 Å². The van der Waals surface area contributed by atoms with Crippen LogP contribution in [0.5, 0.6) is 0 Å². The van der Waals surface area contributed by atoms with E-state index < -0.39 is 0 Å². The molecule has 3 N–H and O–H groups in total. The van der Waals surface area contributed by atoms with Crippen molar-refractivity contribution in [1.82, 2.24) is 0 Å². The van der Waals surface area contributed by atoms with Crippen molar-refractivity contribution in [3.63, 3.8) is 0 Å². The summed E-state index contributed by atoms with van der Waals surface area (Å²) in [6, 6.07) is 5.49. The molecule has 1 heterocycles. The summed E-state index contributed by atoms with van der Waals surface area (Å²) in [5.41, 5.74) is 3.57. The van der Waals surface area contributed by atoms with E-state index in [0.29, 0.717) is 18.7 Å². The van der Waals surface area contributed by atoms with Crippen molar-refractivity contribution < 1.29 is 14.8 Å². The van der Waals surface area contributed by atoms with Crippen LogP contribution < -0.4 is 10.9 Å². The Morgan fingerprint density at radius 3 is 2.67 bits per heavy atom. The predicted molar refractivity (Wildman–Crippen MR) is 69.5 cm³/mol. The molecule has 0 saturated heterocycles. The fraction of sp³-hybridized carbons (Fsp3) is 0.357. The first-order valence-electron chi connectivity index (χ1n) is 6.08. The molecule has 0 spiro atoms. The first kappa shape index (κ1) is 12.8. The Morgan fingerprint density at radius 1 is 1.22 bits per heavy atom. The zero-order valence-corrected chi connectivity index (χ0v) is 10.7. The van der Waals surface area contributed by atoms with Crippen LogP contribution in [0.1, 0.15) is 16.7 Å². The molecule has 0 saturated carbocycles. The van der Waals surface area contributed by atoms with Gasteiger partial charge in [-0.25, -0.2) is 4.79 Å². The van der Waals surface area contributed by atoms with E-state index in [9.17, 15) is 4.79 Å². The Balaban J connectivity index is 2.50. The van der Waals surface area contributed by atoms with Crippen molar-refractivity contribution in [2.75, 3.05) is 13.2 Å². The van der Waals surface area contributed by atoms with Gasteiger partial charge in [0.05, 0.1) is 13.2 Å². The van der Waals surface area contributed by atoms with Gasteiger partial charge < -0.3 is 14.8 Å². The third kappa shape index (κ3) is 2.60. The summed E-state index contributed by atoms with van der Waals surface area (Å²) in [5.74, 6) is 0. The maximum absolute atomic E-state index is 11.5. The van der Waals surface area contributed by atoms with Gasteiger partial charge in [0.15, 0.2) is 0 Å². The molecule has 0 aliphatic heterocycles. The van der Waals surface area contributed by atoms with Crippen LogP contribution in [0.2, 0.25) is 0 Å². The molecular weight excluding hydrogens is 230 g/mol. The lowest BCUT2D eigenvalue weighted by molar-refractivity contribution is -0.671. The quantitative estimate of drug-likeness (QED) is 0.610. The molecule has 4 nitrogen and oxygen atoms in total. The Labute approximate surface area is 105 Å². The predicted octanol–water partition coefficient (Wildman–Crippen LogP) is 0.466. The minimum absolute atomic E-state index is 0.136. The Kier molecular flexibility index (Phi) is 3.79. The van der Waals surface area contributed by atoms with Crippen molar-refractivity contribution in [1.29, 1.82) is 0 Å². The van der Waals surface area contributed by atoms with E-state index in [2.05, 4.69) is 6.07 Å². The molecule has 2 aromatic rings. The molecule has 0 unspecified atom stereocenters. The summed E-state index contributed by atoms with van der Waals surface area (Å²) in [5, 5.41) is 11.7. The van der Waals surface area contributed by atoms with E-state index in [1.807, 2.05) is 25.2 Å². The largest absolute Gasteiger partial charge is 0.423 e. The number of hydrogen-bond donors (Lipinski definition) is 2. The highest BCUT2D eigenvalue weighted by Gasteiger charge is 2.08. The van der Waals surface area contributed by atoms with Crippen LogP contribution in [0, 0.1) is 13.8 Å². The summed E-state index contributed by atoms with van der Waals surface area (Å²) >= 11 is 0. The van der Waals surface area contributed by atoms with Crippen LogP contribution in [0.4, 0.5) is 0 Å². The van der Waals surface area contributed by atoms with E-state index in [4.69, 9.17) is 9.52 Å². The summed E-state index contributed by atoms with van der Waals surface area (Å²) < 4.78 is 5.23. The van der Waals surface area contributed by atoms with Crippen LogP contribution in [0.15, 0.2) is 27.4 Å². The minimum Gasteiger partial charge on any atom is -0.423 e. The smallest absolute Gasteiger partial charge is 0.336 e. The molecule has 0 fully saturated rings. The summed E-state index contributed by atoms with van der Waals surface area (Å²) in [6.07, 6.45) is 0. The van der Waals surface area contributed by atoms with Gasteiger partial charge >= 0.3 is 5.63 Å². The number of hydrogen-bond acceptors (Lipinski definition) is 3. The van der Waals surface area contributed by atoms with Gasteiger partial charge in [0.2, 0.25) is 0 Å². The van der Waals surface area contributed by atoms with Gasteiger partial charge in [0, 0.05) is 17.0 Å². The number of nitrogens with two attached hydrogens (primary N) is 1. The number of rotatable bonds is 4. The number of quaternary nitrogens is 1. The van der Waals surface area contributed by atoms with Gasteiger partial charge in [-0.1, -0.05) is 0 Å². The molecule has 96 valence electrons. The maximum atomic E-state index is 11.5. The number of fused-ring (bicyclic) bond motifs is 1. The van der Waals surface area contributed by atoms with E-state index in [1.165, 1.54) is 11.6 Å². The number of benzene rings is 1. The fourth-order valence-electron chi connectivity index (χ4n) is 2.00. The molecule has 0 aliphatic rings. The molecule has 0 atom stereocenters. The molecule has 4 heteroatoms. The average Bonchev–Trinajstić information content (AvgIpc) is 2.32. The number of aryl methyl sites for hydroxylation is 2. The minimum atomic E-state index is -0.321. The first-order valence-corrected chi connectivity index (χ1v) is 6.08. The van der Waals surface area contributed by atoms with Crippen molar-refractivity contribution in [2.45, 2.75) is 20.4 Å². The summed E-state index contributed by atoms with van der Waals surface area (Å²) in [7, 11) is 0.